The number of hydrogen-bond donors (Lipinski definition) is 4. The highest BCUT2D eigenvalue weighted by Gasteiger charge is 2.35. The molecule has 2 aliphatic heterocycles. The van der Waals surface area contributed by atoms with Gasteiger partial charge < -0.3 is 34.7 Å². The minimum absolute atomic E-state index is 0.0403. The molecule has 0 fully saturated rings. The number of aromatic amines is 1. The maximum absolute atomic E-state index is 13.0. The zero-order chi connectivity index (χ0) is 65.3. The molecule has 4 N–H and O–H groups in total. The number of carbonyl (C=O) groups excluding carboxylic acids is 2. The number of rotatable bonds is 12. The summed E-state index contributed by atoms with van der Waals surface area (Å²) in [4.78, 5) is 58.4. The molecule has 0 aliphatic carbocycles. The first-order valence-corrected chi connectivity index (χ1v) is 31.7. The number of aromatic nitrogens is 8. The Kier molecular flexibility index (Phi) is 19.3. The number of carbonyl (C=O) groups is 2. The monoisotopic (exact) mass is 1300 g/mol. The van der Waals surface area contributed by atoms with Gasteiger partial charge in [-0.1, -0.05) is 47.5 Å². The van der Waals surface area contributed by atoms with E-state index in [1.807, 2.05) is 137 Å². The van der Waals surface area contributed by atoms with Crippen molar-refractivity contribution in [3.63, 3.8) is 0 Å². The number of thiophene rings is 2. The molecule has 0 spiro atoms. The molecule has 0 bridgehead atoms. The summed E-state index contributed by atoms with van der Waals surface area (Å²) in [6, 6.07) is 28.0. The molecule has 0 radical (unpaired) electrons. The highest BCUT2D eigenvalue weighted by Crippen LogP contribution is 2.42. The zero-order valence-electron chi connectivity index (χ0n) is 52.7. The average Bonchev–Trinajstić information content (AvgIpc) is 1.64. The van der Waals surface area contributed by atoms with Crippen LogP contribution in [0, 0.1) is 62.3 Å². The van der Waals surface area contributed by atoms with Gasteiger partial charge in [0.2, 0.25) is 5.91 Å². The van der Waals surface area contributed by atoms with Crippen LogP contribution in [-0.2, 0) is 14.3 Å². The quantitative estimate of drug-likeness (QED) is 0.0657. The van der Waals surface area contributed by atoms with Gasteiger partial charge in [0.15, 0.2) is 11.6 Å². The second kappa shape index (κ2) is 26.9. The number of aliphatic hydroxyl groups is 1. The van der Waals surface area contributed by atoms with Gasteiger partial charge in [0, 0.05) is 53.3 Å². The average molecular weight is 1300 g/mol. The number of benzene rings is 5. The summed E-state index contributed by atoms with van der Waals surface area (Å²) < 4.78 is 20.5. The van der Waals surface area contributed by atoms with E-state index in [0.29, 0.717) is 49.9 Å². The van der Waals surface area contributed by atoms with Crippen molar-refractivity contribution in [1.29, 1.82) is 0 Å². The van der Waals surface area contributed by atoms with Crippen molar-refractivity contribution < 1.29 is 34.0 Å². The second-order valence-corrected chi connectivity index (χ2v) is 26.5. The van der Waals surface area contributed by atoms with Gasteiger partial charge in [0.1, 0.15) is 74.4 Å². The molecule has 470 valence electrons. The van der Waals surface area contributed by atoms with Crippen LogP contribution in [0.4, 0.5) is 5.69 Å². The van der Waals surface area contributed by atoms with Gasteiger partial charge in [-0.15, -0.1) is 43.1 Å². The first kappa shape index (κ1) is 65.1. The van der Waals surface area contributed by atoms with E-state index in [1.165, 1.54) is 21.9 Å². The number of methoxy groups -OCH3 is 1. The molecule has 19 nitrogen and oxygen atoms in total. The topological polar surface area (TPSA) is 246 Å². The van der Waals surface area contributed by atoms with E-state index >= 15 is 0 Å². The van der Waals surface area contributed by atoms with E-state index in [-0.39, 0.29) is 49.2 Å². The van der Waals surface area contributed by atoms with E-state index < -0.39 is 17.7 Å². The summed E-state index contributed by atoms with van der Waals surface area (Å²) in [5, 5.41) is 42.6. The largest absolute Gasteiger partial charge is 0.508 e. The Morgan fingerprint density at radius 3 is 1.67 bits per heavy atom. The maximum atomic E-state index is 13.0. The highest BCUT2D eigenvalue weighted by atomic mass is 35.5. The Hall–Kier alpha value is -8.86. The Morgan fingerprint density at radius 2 is 1.19 bits per heavy atom. The smallest absolute Gasteiger partial charge is 0.308 e. The molecule has 12 rings (SSSR count). The molecule has 0 saturated heterocycles. The number of phenols is 1. The predicted octanol–water partition coefficient (Wildman–Crippen LogP) is 14.0. The third-order valence-electron chi connectivity index (χ3n) is 15.2. The van der Waals surface area contributed by atoms with Crippen molar-refractivity contribution in [2.75, 3.05) is 25.6 Å². The van der Waals surface area contributed by atoms with Crippen LogP contribution in [0.2, 0.25) is 10.0 Å². The van der Waals surface area contributed by atoms with Crippen LogP contribution in [0.25, 0.3) is 32.3 Å². The molecule has 2 aliphatic rings. The number of anilines is 1. The molecule has 0 saturated carbocycles. The Labute approximate surface area is 544 Å². The SMILES string of the molecule is COc1cc(C)cc2nc(-c3cc(C)c(OCCO)c(C)c3)[nH]c(=O)c12.Cc1sc2c(c1C)C(c1ccc(Cl)cc1)=N[C@@H](CC(=O)Nc1ccc(O)cc1)c1nnc(C)n1-2.Cc1sc2c(c1C)C(c1ccc(Cl)cc1)=N[C@@H](CC(=O)OC(C)(C)C)c1nnc(C)n1-2. The van der Waals surface area contributed by atoms with Crippen molar-refractivity contribution in [2.45, 2.75) is 114 Å². The molecule has 0 unspecified atom stereocenters. The molecular formula is C68H69Cl2N11O8S2. The van der Waals surface area contributed by atoms with E-state index in [0.717, 1.165) is 94.5 Å². The molecule has 7 heterocycles. The number of ether oxygens (including phenoxy) is 3. The van der Waals surface area contributed by atoms with Crippen LogP contribution in [0.5, 0.6) is 17.2 Å². The number of nitrogens with one attached hydrogen (secondary N) is 2. The summed E-state index contributed by atoms with van der Waals surface area (Å²) >= 11 is 15.6. The molecule has 2 atom stereocenters. The highest BCUT2D eigenvalue weighted by molar-refractivity contribution is 7.15. The third-order valence-corrected chi connectivity index (χ3v) is 18.1. The van der Waals surface area contributed by atoms with Crippen molar-refractivity contribution in [3.05, 3.63) is 201 Å². The van der Waals surface area contributed by atoms with Crippen molar-refractivity contribution in [1.82, 2.24) is 39.5 Å². The lowest BCUT2D eigenvalue weighted by Gasteiger charge is -2.21. The molecule has 5 aromatic carbocycles. The van der Waals surface area contributed by atoms with E-state index in [1.54, 1.807) is 41.9 Å². The van der Waals surface area contributed by atoms with Gasteiger partial charge >= 0.3 is 5.97 Å². The Balaban J connectivity index is 0.000000151. The number of aryl methyl sites for hydroxylation is 7. The normalized spacial score (nSPS) is 14.0. The molecule has 23 heteroatoms. The van der Waals surface area contributed by atoms with Gasteiger partial charge in [-0.3, -0.25) is 33.5 Å². The maximum Gasteiger partial charge on any atom is 0.308 e. The molecule has 10 aromatic rings. The first-order chi connectivity index (χ1) is 43.3. The van der Waals surface area contributed by atoms with Gasteiger partial charge in [0.25, 0.3) is 5.56 Å². The fourth-order valence-corrected chi connectivity index (χ4v) is 13.5. The van der Waals surface area contributed by atoms with E-state index in [2.05, 4.69) is 63.4 Å². The molecule has 91 heavy (non-hydrogen) atoms. The van der Waals surface area contributed by atoms with Crippen molar-refractivity contribution >= 4 is 85.8 Å². The second-order valence-electron chi connectivity index (χ2n) is 23.2. The fraction of sp³-hybridized carbons (Fsp3) is 0.294. The van der Waals surface area contributed by atoms with Crippen LogP contribution in [0.1, 0.15) is 129 Å². The summed E-state index contributed by atoms with van der Waals surface area (Å²) in [5.41, 5.74) is 11.8. The van der Waals surface area contributed by atoms with Gasteiger partial charge in [-0.05, 0) is 184 Å². The lowest BCUT2D eigenvalue weighted by atomic mass is 9.99. The Morgan fingerprint density at radius 1 is 0.681 bits per heavy atom. The molecule has 1 amide bonds. The van der Waals surface area contributed by atoms with E-state index in [9.17, 15) is 19.5 Å². The first-order valence-electron chi connectivity index (χ1n) is 29.3. The van der Waals surface area contributed by atoms with Gasteiger partial charge in [0.05, 0.1) is 43.5 Å². The third kappa shape index (κ3) is 14.1. The minimum atomic E-state index is -0.569. The number of aliphatic imine (C=N–C) groups is 2. The minimum Gasteiger partial charge on any atom is -0.508 e. The number of hydrogen-bond acceptors (Lipinski definition) is 17. The number of aromatic hydroxyl groups is 1. The van der Waals surface area contributed by atoms with Gasteiger partial charge in [-0.2, -0.15) is 0 Å². The van der Waals surface area contributed by atoms with Crippen molar-refractivity contribution in [2.24, 2.45) is 9.98 Å². The summed E-state index contributed by atoms with van der Waals surface area (Å²) in [5.74, 6) is 4.15. The number of H-pyrrole nitrogens is 1. The lowest BCUT2D eigenvalue weighted by molar-refractivity contribution is -0.155. The summed E-state index contributed by atoms with van der Waals surface area (Å²) in [7, 11) is 1.54. The fourth-order valence-electron chi connectivity index (χ4n) is 10.9. The van der Waals surface area contributed by atoms with Crippen LogP contribution < -0.4 is 20.3 Å². The molecular weight excluding hydrogens is 1230 g/mol. The number of amides is 1. The lowest BCUT2D eigenvalue weighted by Crippen LogP contribution is -2.25. The zero-order valence-corrected chi connectivity index (χ0v) is 55.8. The van der Waals surface area contributed by atoms with Gasteiger partial charge in [-0.25, -0.2) is 4.98 Å². The van der Waals surface area contributed by atoms with Crippen molar-refractivity contribution in [3.8, 4) is 38.6 Å². The van der Waals surface area contributed by atoms with Crippen LogP contribution in [0.3, 0.4) is 0 Å². The van der Waals surface area contributed by atoms with Crippen LogP contribution in [0.15, 0.2) is 112 Å². The standard InChI is InChI=1S/C25H22ClN5O2S.C23H25ClN4O2S.C20H22N2O4/c1-13-14(2)34-25-22(13)23(16-4-6-17(26)7-5-16)28-20(24-30-29-15(3)31(24)25)12-21(33)27-18-8-10-19(32)11-9-18;1-12-13(2)31-22-19(12)20(15-7-9-16(24)10-8-15)25-17(11-18(29)30-23(4,5)6)21-27-26-14(3)28(21)22;1-11-7-15-17(16(8-11)25-4)20(24)22-19(21-15)14-9-12(2)18(13(3)10-14)26-6-5-23/h4-11,20,32H,12H2,1-3H3,(H,27,33);7-10,17H,11H2,1-6H3;7-10,23H,5-6H2,1-4H3,(H,21,22,24)/t20-;17-;/m00./s1. The Bertz CT molecular complexity index is 4520. The number of nitrogens with zero attached hydrogens (tertiary/aromatic N) is 9. The number of esters is 1. The number of halogens is 2. The molecule has 5 aromatic heterocycles. The number of aliphatic hydroxyl groups excluding tert-OH is 1. The summed E-state index contributed by atoms with van der Waals surface area (Å²) in [6.07, 6.45) is 0.169. The van der Waals surface area contributed by atoms with E-state index in [4.69, 9.17) is 52.5 Å². The number of phenolic OH excluding ortho intramolecular Hbond substituents is 1. The van der Waals surface area contributed by atoms with Crippen LogP contribution >= 0.6 is 45.9 Å². The number of fused-ring (bicyclic) bond motifs is 7. The van der Waals surface area contributed by atoms with Crippen LogP contribution in [-0.4, -0.2) is 98.9 Å². The summed E-state index contributed by atoms with van der Waals surface area (Å²) in [6.45, 7) is 23.8. The predicted molar refractivity (Wildman–Crippen MR) is 360 cm³/mol.